The molecule has 0 aromatic heterocycles. The lowest BCUT2D eigenvalue weighted by Crippen LogP contribution is -2.42. The fourth-order valence-electron chi connectivity index (χ4n) is 2.14. The monoisotopic (exact) mass is 243 g/mol. The normalized spacial score (nSPS) is 33.6. The van der Waals surface area contributed by atoms with Crippen LogP contribution in [0.3, 0.4) is 0 Å². The van der Waals surface area contributed by atoms with Crippen LogP contribution in [0.4, 0.5) is 0 Å². The lowest BCUT2D eigenvalue weighted by molar-refractivity contribution is -0.142. The van der Waals surface area contributed by atoms with E-state index in [1.807, 2.05) is 16.7 Å². The molecule has 2 rings (SSSR count). The van der Waals surface area contributed by atoms with Crippen LogP contribution in [0, 0.1) is 11.8 Å². The van der Waals surface area contributed by atoms with E-state index in [9.17, 15) is 9.59 Å². The average Bonchev–Trinajstić information content (AvgIpc) is 3.08. The zero-order valence-corrected chi connectivity index (χ0v) is 10.2. The number of carbonyl (C=O) groups excluding carboxylic acids is 1. The minimum absolute atomic E-state index is 0.0613. The Balaban J connectivity index is 1.88. The topological polar surface area (TPSA) is 57.6 Å². The first kappa shape index (κ1) is 11.8. The maximum Gasteiger partial charge on any atom is 0.307 e. The van der Waals surface area contributed by atoms with Gasteiger partial charge in [0.25, 0.3) is 0 Å². The molecule has 90 valence electrons. The van der Waals surface area contributed by atoms with E-state index in [2.05, 4.69) is 6.92 Å². The quantitative estimate of drug-likeness (QED) is 0.805. The van der Waals surface area contributed by atoms with Crippen molar-refractivity contribution in [2.75, 3.05) is 18.8 Å². The van der Waals surface area contributed by atoms with Crippen LogP contribution in [0.2, 0.25) is 0 Å². The van der Waals surface area contributed by atoms with Gasteiger partial charge in [-0.15, -0.1) is 0 Å². The van der Waals surface area contributed by atoms with Gasteiger partial charge in [-0.3, -0.25) is 9.59 Å². The molecule has 1 amide bonds. The summed E-state index contributed by atoms with van der Waals surface area (Å²) < 4.78 is 0. The number of carboxylic acid groups (broad SMARTS) is 1. The number of thioether (sulfide) groups is 1. The van der Waals surface area contributed by atoms with Crippen LogP contribution < -0.4 is 0 Å². The van der Waals surface area contributed by atoms with Crippen molar-refractivity contribution in [1.82, 2.24) is 4.90 Å². The van der Waals surface area contributed by atoms with E-state index < -0.39 is 11.9 Å². The van der Waals surface area contributed by atoms with Gasteiger partial charge in [-0.2, -0.15) is 11.8 Å². The number of amides is 1. The third kappa shape index (κ3) is 2.34. The Morgan fingerprint density at radius 3 is 2.75 bits per heavy atom. The number of carbonyl (C=O) groups is 2. The Bertz CT molecular complexity index is 308. The molecule has 0 bridgehead atoms. The Kier molecular flexibility index (Phi) is 3.42. The second-order valence-corrected chi connectivity index (χ2v) is 5.88. The molecule has 0 aromatic rings. The van der Waals surface area contributed by atoms with Gasteiger partial charge in [0.05, 0.1) is 11.8 Å². The molecule has 0 spiro atoms. The third-order valence-electron chi connectivity index (χ3n) is 3.33. The van der Waals surface area contributed by atoms with Gasteiger partial charge in [0.2, 0.25) is 5.91 Å². The second kappa shape index (κ2) is 4.65. The average molecular weight is 243 g/mol. The van der Waals surface area contributed by atoms with Gasteiger partial charge in [-0.05, 0) is 12.8 Å². The van der Waals surface area contributed by atoms with E-state index in [0.29, 0.717) is 11.7 Å². The predicted molar refractivity (Wildman–Crippen MR) is 62.3 cm³/mol. The summed E-state index contributed by atoms with van der Waals surface area (Å²) in [5, 5.41) is 9.32. The largest absolute Gasteiger partial charge is 0.481 e. The molecular formula is C11H17NO3S. The van der Waals surface area contributed by atoms with Crippen molar-refractivity contribution in [3.8, 4) is 0 Å². The standard InChI is InChI=1S/C11H17NO3S/c1-2-7-6-12(3-4-16-7)10(13)8-5-9(8)11(14)15/h7-9H,2-6H2,1H3,(H,14,15)/t7?,8-,9+/m1/s1. The van der Waals surface area contributed by atoms with Crippen molar-refractivity contribution >= 4 is 23.6 Å². The smallest absolute Gasteiger partial charge is 0.307 e. The second-order valence-electron chi connectivity index (χ2n) is 4.47. The van der Waals surface area contributed by atoms with Crippen molar-refractivity contribution in [3.05, 3.63) is 0 Å². The molecule has 1 unspecified atom stereocenters. The van der Waals surface area contributed by atoms with Gasteiger partial charge >= 0.3 is 5.97 Å². The van der Waals surface area contributed by atoms with E-state index in [1.54, 1.807) is 0 Å². The first-order chi connectivity index (χ1) is 7.63. The molecule has 1 heterocycles. The summed E-state index contributed by atoms with van der Waals surface area (Å²) in [4.78, 5) is 24.6. The summed E-state index contributed by atoms with van der Waals surface area (Å²) in [6.45, 7) is 3.70. The molecule has 3 atom stereocenters. The van der Waals surface area contributed by atoms with E-state index in [1.165, 1.54) is 0 Å². The fraction of sp³-hybridized carbons (Fsp3) is 0.818. The lowest BCUT2D eigenvalue weighted by Gasteiger charge is -2.32. The van der Waals surface area contributed by atoms with E-state index >= 15 is 0 Å². The molecular weight excluding hydrogens is 226 g/mol. The van der Waals surface area contributed by atoms with Crippen LogP contribution in [0.25, 0.3) is 0 Å². The molecule has 0 radical (unpaired) electrons. The molecule has 1 N–H and O–H groups in total. The zero-order chi connectivity index (χ0) is 11.7. The van der Waals surface area contributed by atoms with Gasteiger partial charge in [-0.25, -0.2) is 0 Å². The molecule has 1 saturated carbocycles. The van der Waals surface area contributed by atoms with Crippen LogP contribution in [0.1, 0.15) is 19.8 Å². The number of hydrogen-bond acceptors (Lipinski definition) is 3. The van der Waals surface area contributed by atoms with Crippen molar-refractivity contribution in [3.63, 3.8) is 0 Å². The first-order valence-corrected chi connectivity index (χ1v) is 6.81. The molecule has 1 aliphatic carbocycles. The molecule has 2 aliphatic rings. The molecule has 2 fully saturated rings. The first-order valence-electron chi connectivity index (χ1n) is 5.76. The number of carboxylic acids is 1. The van der Waals surface area contributed by atoms with E-state index in [4.69, 9.17) is 5.11 Å². The van der Waals surface area contributed by atoms with Crippen LogP contribution >= 0.6 is 11.8 Å². The minimum Gasteiger partial charge on any atom is -0.481 e. The van der Waals surface area contributed by atoms with Crippen molar-refractivity contribution in [1.29, 1.82) is 0 Å². The summed E-state index contributed by atoms with van der Waals surface area (Å²) in [7, 11) is 0. The number of nitrogens with zero attached hydrogens (tertiary/aromatic N) is 1. The minimum atomic E-state index is -0.822. The van der Waals surface area contributed by atoms with Gasteiger partial charge < -0.3 is 10.0 Å². The molecule has 1 saturated heterocycles. The van der Waals surface area contributed by atoms with Crippen molar-refractivity contribution < 1.29 is 14.7 Å². The number of aliphatic carboxylic acids is 1. The Hall–Kier alpha value is -0.710. The summed E-state index contributed by atoms with van der Waals surface area (Å²) in [6, 6.07) is 0. The third-order valence-corrected chi connectivity index (χ3v) is 4.70. The van der Waals surface area contributed by atoms with Crippen LogP contribution in [-0.2, 0) is 9.59 Å². The SMILES string of the molecule is CCC1CN(C(=O)[C@@H]2C[C@@H]2C(=O)O)CCS1. The highest BCUT2D eigenvalue weighted by Gasteiger charge is 2.50. The summed E-state index contributed by atoms with van der Waals surface area (Å²) >= 11 is 1.91. The summed E-state index contributed by atoms with van der Waals surface area (Å²) in [6.07, 6.45) is 1.61. The fourth-order valence-corrected chi connectivity index (χ4v) is 3.32. The van der Waals surface area contributed by atoms with Gasteiger partial charge in [0.15, 0.2) is 0 Å². The van der Waals surface area contributed by atoms with Gasteiger partial charge in [0, 0.05) is 24.1 Å². The van der Waals surface area contributed by atoms with Gasteiger partial charge in [0.1, 0.15) is 0 Å². The maximum atomic E-state index is 12.0. The summed E-state index contributed by atoms with van der Waals surface area (Å²) in [5.41, 5.74) is 0. The number of hydrogen-bond donors (Lipinski definition) is 1. The molecule has 1 aliphatic heterocycles. The highest BCUT2D eigenvalue weighted by molar-refractivity contribution is 8.00. The predicted octanol–water partition coefficient (Wildman–Crippen LogP) is 1.06. The lowest BCUT2D eigenvalue weighted by atomic mass is 10.2. The van der Waals surface area contributed by atoms with Crippen LogP contribution in [0.15, 0.2) is 0 Å². The van der Waals surface area contributed by atoms with Crippen molar-refractivity contribution in [2.45, 2.75) is 25.0 Å². The van der Waals surface area contributed by atoms with Crippen LogP contribution in [0.5, 0.6) is 0 Å². The Morgan fingerprint density at radius 1 is 1.44 bits per heavy atom. The zero-order valence-electron chi connectivity index (χ0n) is 9.39. The Labute approximate surface area is 99.4 Å². The summed E-state index contributed by atoms with van der Waals surface area (Å²) in [5.74, 6) is -0.433. The van der Waals surface area contributed by atoms with Crippen LogP contribution in [-0.4, -0.2) is 46.0 Å². The molecule has 5 heteroatoms. The van der Waals surface area contributed by atoms with Crippen molar-refractivity contribution in [2.24, 2.45) is 11.8 Å². The number of rotatable bonds is 3. The Morgan fingerprint density at radius 2 is 2.19 bits per heavy atom. The highest BCUT2D eigenvalue weighted by Crippen LogP contribution is 2.40. The molecule has 0 aromatic carbocycles. The molecule has 4 nitrogen and oxygen atoms in total. The molecule has 16 heavy (non-hydrogen) atoms. The highest BCUT2D eigenvalue weighted by atomic mass is 32.2. The van der Waals surface area contributed by atoms with E-state index in [-0.39, 0.29) is 11.8 Å². The van der Waals surface area contributed by atoms with E-state index in [0.717, 1.165) is 25.3 Å². The maximum absolute atomic E-state index is 12.0. The van der Waals surface area contributed by atoms with Gasteiger partial charge in [-0.1, -0.05) is 6.92 Å².